The second-order valence-electron chi connectivity index (χ2n) is 7.97. The van der Waals surface area contributed by atoms with Crippen molar-refractivity contribution in [3.8, 4) is 17.2 Å². The van der Waals surface area contributed by atoms with Crippen LogP contribution in [-0.4, -0.2) is 30.7 Å². The van der Waals surface area contributed by atoms with Gasteiger partial charge >= 0.3 is 0 Å². The van der Waals surface area contributed by atoms with Crippen molar-refractivity contribution in [1.29, 1.82) is 0 Å². The van der Waals surface area contributed by atoms with E-state index in [0.29, 0.717) is 34.1 Å². The number of Topliss-reactive ketones (excluding diaryl/α,β-unsaturated/α-hetero) is 1. The number of fused-ring (bicyclic) bond motifs is 1. The SMILES string of the molecule is COc1ccc(/C(O)=C2\C(=O)C(=O)N(c3ccc4c(c3)OCO4)C2c2cccc(C)c2)cc1Cl. The van der Waals surface area contributed by atoms with Crippen molar-refractivity contribution >= 4 is 34.7 Å². The van der Waals surface area contributed by atoms with E-state index in [1.54, 1.807) is 30.3 Å². The number of rotatable bonds is 4. The smallest absolute Gasteiger partial charge is 0.300 e. The number of nitrogens with zero attached hydrogens (tertiary/aromatic N) is 1. The van der Waals surface area contributed by atoms with E-state index in [-0.39, 0.29) is 23.1 Å². The van der Waals surface area contributed by atoms with Crippen LogP contribution in [0.25, 0.3) is 5.76 Å². The van der Waals surface area contributed by atoms with Crippen molar-refractivity contribution in [1.82, 2.24) is 0 Å². The third-order valence-electron chi connectivity index (χ3n) is 5.86. The van der Waals surface area contributed by atoms with Crippen molar-refractivity contribution in [2.75, 3.05) is 18.8 Å². The average Bonchev–Trinajstić information content (AvgIpc) is 3.40. The number of halogens is 1. The molecular weight excluding hydrogens is 458 g/mol. The number of aryl methyl sites for hydroxylation is 1. The molecule has 0 aliphatic carbocycles. The zero-order chi connectivity index (χ0) is 24.0. The number of amides is 1. The Bertz CT molecular complexity index is 1370. The minimum Gasteiger partial charge on any atom is -0.507 e. The Morgan fingerprint density at radius 1 is 1.06 bits per heavy atom. The Morgan fingerprint density at radius 2 is 1.85 bits per heavy atom. The molecule has 1 saturated heterocycles. The van der Waals surface area contributed by atoms with Gasteiger partial charge in [0.25, 0.3) is 11.7 Å². The molecule has 0 aromatic heterocycles. The Hall–Kier alpha value is -3.97. The first-order valence-corrected chi connectivity index (χ1v) is 10.9. The number of hydrogen-bond donors (Lipinski definition) is 1. The molecule has 1 atom stereocenters. The van der Waals surface area contributed by atoms with Gasteiger partial charge in [-0.25, -0.2) is 0 Å². The molecule has 0 radical (unpaired) electrons. The number of aliphatic hydroxyl groups excluding tert-OH is 1. The van der Waals surface area contributed by atoms with Crippen LogP contribution in [0, 0.1) is 6.92 Å². The fraction of sp³-hybridized carbons (Fsp3) is 0.154. The molecule has 1 amide bonds. The molecule has 172 valence electrons. The van der Waals surface area contributed by atoms with Gasteiger partial charge in [-0.05, 0) is 42.8 Å². The molecule has 2 heterocycles. The van der Waals surface area contributed by atoms with Crippen LogP contribution in [-0.2, 0) is 9.59 Å². The molecule has 34 heavy (non-hydrogen) atoms. The Labute approximate surface area is 200 Å². The van der Waals surface area contributed by atoms with Gasteiger partial charge in [0.15, 0.2) is 11.5 Å². The molecule has 8 heteroatoms. The van der Waals surface area contributed by atoms with Crippen molar-refractivity contribution < 1.29 is 28.9 Å². The van der Waals surface area contributed by atoms with Gasteiger partial charge < -0.3 is 19.3 Å². The van der Waals surface area contributed by atoms with E-state index >= 15 is 0 Å². The Kier molecular flexibility index (Phi) is 5.42. The summed E-state index contributed by atoms with van der Waals surface area (Å²) in [7, 11) is 1.48. The summed E-state index contributed by atoms with van der Waals surface area (Å²) in [6, 6.07) is 16.3. The molecule has 3 aromatic carbocycles. The maximum Gasteiger partial charge on any atom is 0.300 e. The topological polar surface area (TPSA) is 85.3 Å². The first-order valence-electron chi connectivity index (χ1n) is 10.5. The van der Waals surface area contributed by atoms with Crippen molar-refractivity contribution in [2.45, 2.75) is 13.0 Å². The van der Waals surface area contributed by atoms with Crippen LogP contribution in [0.15, 0.2) is 66.2 Å². The summed E-state index contributed by atoms with van der Waals surface area (Å²) < 4.78 is 16.0. The predicted octanol–water partition coefficient (Wildman–Crippen LogP) is 5.01. The minimum absolute atomic E-state index is 0.0329. The lowest BCUT2D eigenvalue weighted by molar-refractivity contribution is -0.132. The predicted molar refractivity (Wildman–Crippen MR) is 127 cm³/mol. The summed E-state index contributed by atoms with van der Waals surface area (Å²) in [5.74, 6) is -0.420. The molecule has 0 bridgehead atoms. The Morgan fingerprint density at radius 3 is 2.59 bits per heavy atom. The first kappa shape index (κ1) is 21.9. The number of carbonyl (C=O) groups excluding carboxylic acids is 2. The normalized spacial score (nSPS) is 18.4. The van der Waals surface area contributed by atoms with E-state index in [2.05, 4.69) is 0 Å². The van der Waals surface area contributed by atoms with E-state index in [4.69, 9.17) is 25.8 Å². The fourth-order valence-electron chi connectivity index (χ4n) is 4.26. The van der Waals surface area contributed by atoms with Gasteiger partial charge in [0.1, 0.15) is 11.5 Å². The van der Waals surface area contributed by atoms with Gasteiger partial charge in [0.05, 0.1) is 23.7 Å². The molecule has 1 unspecified atom stereocenters. The van der Waals surface area contributed by atoms with E-state index in [1.165, 1.54) is 18.1 Å². The van der Waals surface area contributed by atoms with Gasteiger partial charge in [0.2, 0.25) is 6.79 Å². The Balaban J connectivity index is 1.71. The number of benzene rings is 3. The maximum absolute atomic E-state index is 13.3. The molecule has 2 aliphatic heterocycles. The molecule has 1 N–H and O–H groups in total. The molecule has 7 nitrogen and oxygen atoms in total. The number of carbonyl (C=O) groups is 2. The minimum atomic E-state index is -0.860. The molecular formula is C26H20ClNO6. The van der Waals surface area contributed by atoms with Gasteiger partial charge in [0, 0.05) is 17.3 Å². The third-order valence-corrected chi connectivity index (χ3v) is 6.16. The summed E-state index contributed by atoms with van der Waals surface area (Å²) in [4.78, 5) is 28.0. The quantitative estimate of drug-likeness (QED) is 0.323. The lowest BCUT2D eigenvalue weighted by atomic mass is 9.94. The zero-order valence-corrected chi connectivity index (χ0v) is 19.1. The maximum atomic E-state index is 13.3. The molecule has 2 aliphatic rings. The van der Waals surface area contributed by atoms with Crippen molar-refractivity contribution in [2.24, 2.45) is 0 Å². The molecule has 0 spiro atoms. The van der Waals surface area contributed by atoms with E-state index in [1.807, 2.05) is 31.2 Å². The standard InChI is InChI=1S/C26H20ClNO6/c1-14-4-3-5-15(10-14)23-22(24(29)16-6-8-19(32-2)18(27)11-16)25(30)26(31)28(23)17-7-9-20-21(12-17)34-13-33-20/h3-12,23,29H,13H2,1-2H3/b24-22+. The summed E-state index contributed by atoms with van der Waals surface area (Å²) >= 11 is 6.25. The molecule has 3 aromatic rings. The number of hydrogen-bond acceptors (Lipinski definition) is 6. The van der Waals surface area contributed by atoms with Crippen molar-refractivity contribution in [3.63, 3.8) is 0 Å². The second kappa shape index (κ2) is 8.43. The highest BCUT2D eigenvalue weighted by Crippen LogP contribution is 2.45. The summed E-state index contributed by atoms with van der Waals surface area (Å²) in [5.41, 5.74) is 2.34. The van der Waals surface area contributed by atoms with Crippen LogP contribution >= 0.6 is 11.6 Å². The third kappa shape index (κ3) is 3.54. The average molecular weight is 478 g/mol. The highest BCUT2D eigenvalue weighted by molar-refractivity contribution is 6.51. The lowest BCUT2D eigenvalue weighted by Crippen LogP contribution is -2.29. The van der Waals surface area contributed by atoms with Crippen LogP contribution in [0.4, 0.5) is 5.69 Å². The molecule has 5 rings (SSSR count). The van der Waals surface area contributed by atoms with Gasteiger partial charge in [-0.3, -0.25) is 14.5 Å². The van der Waals surface area contributed by atoms with Crippen LogP contribution < -0.4 is 19.1 Å². The van der Waals surface area contributed by atoms with Gasteiger partial charge in [-0.15, -0.1) is 0 Å². The van der Waals surface area contributed by atoms with Crippen LogP contribution in [0.5, 0.6) is 17.2 Å². The summed E-state index contributed by atoms with van der Waals surface area (Å²) in [5, 5.41) is 11.5. The fourth-order valence-corrected chi connectivity index (χ4v) is 4.52. The summed E-state index contributed by atoms with van der Waals surface area (Å²) in [6.07, 6.45) is 0. The largest absolute Gasteiger partial charge is 0.507 e. The second-order valence-corrected chi connectivity index (χ2v) is 8.38. The highest BCUT2D eigenvalue weighted by atomic mass is 35.5. The van der Waals surface area contributed by atoms with Crippen molar-refractivity contribution in [3.05, 3.63) is 87.9 Å². The van der Waals surface area contributed by atoms with E-state index < -0.39 is 17.7 Å². The van der Waals surface area contributed by atoms with E-state index in [0.717, 1.165) is 5.56 Å². The van der Waals surface area contributed by atoms with Crippen LogP contribution in [0.1, 0.15) is 22.7 Å². The molecule has 1 fully saturated rings. The number of ketones is 1. The van der Waals surface area contributed by atoms with Crippen LogP contribution in [0.3, 0.4) is 0 Å². The zero-order valence-electron chi connectivity index (χ0n) is 18.4. The molecule has 0 saturated carbocycles. The highest BCUT2D eigenvalue weighted by Gasteiger charge is 2.47. The number of methoxy groups -OCH3 is 1. The number of aliphatic hydroxyl groups is 1. The first-order chi connectivity index (χ1) is 16.4. The van der Waals surface area contributed by atoms with Gasteiger partial charge in [-0.1, -0.05) is 41.4 Å². The summed E-state index contributed by atoms with van der Waals surface area (Å²) in [6.45, 7) is 2.00. The lowest BCUT2D eigenvalue weighted by Gasteiger charge is -2.26. The van der Waals surface area contributed by atoms with Crippen LogP contribution in [0.2, 0.25) is 5.02 Å². The number of ether oxygens (including phenoxy) is 3. The number of anilines is 1. The van der Waals surface area contributed by atoms with E-state index in [9.17, 15) is 14.7 Å². The monoisotopic (exact) mass is 477 g/mol. The van der Waals surface area contributed by atoms with Gasteiger partial charge in [-0.2, -0.15) is 0 Å².